The van der Waals surface area contributed by atoms with Gasteiger partial charge in [-0.2, -0.15) is 0 Å². The Hall–Kier alpha value is -1.06. The van der Waals surface area contributed by atoms with Crippen LogP contribution >= 0.6 is 0 Å². The molecule has 0 saturated heterocycles. The van der Waals surface area contributed by atoms with E-state index in [9.17, 15) is 5.11 Å². The van der Waals surface area contributed by atoms with Gasteiger partial charge in [0.2, 0.25) is 0 Å². The topological polar surface area (TPSA) is 41.5 Å². The van der Waals surface area contributed by atoms with Gasteiger partial charge >= 0.3 is 0 Å². The molecule has 2 atom stereocenters. The Morgan fingerprint density at radius 1 is 1.31 bits per heavy atom. The number of hydrogen-bond acceptors (Lipinski definition) is 3. The van der Waals surface area contributed by atoms with Crippen LogP contribution in [0.15, 0.2) is 24.3 Å². The van der Waals surface area contributed by atoms with E-state index in [0.717, 1.165) is 17.9 Å². The van der Waals surface area contributed by atoms with Crippen LogP contribution in [0.25, 0.3) is 0 Å². The summed E-state index contributed by atoms with van der Waals surface area (Å²) in [4.78, 5) is 0. The maximum absolute atomic E-state index is 9.62. The molecule has 0 amide bonds. The summed E-state index contributed by atoms with van der Waals surface area (Å²) in [7, 11) is 0. The molecule has 90 valence electrons. The van der Waals surface area contributed by atoms with Crippen LogP contribution < -0.4 is 5.32 Å². The predicted octanol–water partition coefficient (Wildman–Crippen LogP) is 2.58. The molecule has 0 saturated carbocycles. The number of nitrogens with one attached hydrogen (secondary N) is 1. The van der Waals surface area contributed by atoms with Gasteiger partial charge in [0.25, 0.3) is 0 Å². The van der Waals surface area contributed by atoms with Crippen molar-refractivity contribution < 1.29 is 9.84 Å². The minimum Gasteiger partial charge on any atom is -0.389 e. The third-order valence-electron chi connectivity index (χ3n) is 2.38. The molecule has 2 unspecified atom stereocenters. The van der Waals surface area contributed by atoms with E-state index in [0.29, 0.717) is 6.61 Å². The molecule has 0 aliphatic carbocycles. The van der Waals surface area contributed by atoms with Crippen molar-refractivity contribution in [3.05, 3.63) is 29.8 Å². The van der Waals surface area contributed by atoms with Crippen molar-refractivity contribution >= 4 is 5.69 Å². The smallest absolute Gasteiger partial charge is 0.0781 e. The van der Waals surface area contributed by atoms with Crippen molar-refractivity contribution in [1.82, 2.24) is 0 Å². The number of benzene rings is 1. The van der Waals surface area contributed by atoms with Gasteiger partial charge in [-0.05, 0) is 26.8 Å². The van der Waals surface area contributed by atoms with E-state index >= 15 is 0 Å². The highest BCUT2D eigenvalue weighted by molar-refractivity contribution is 5.52. The van der Waals surface area contributed by atoms with Crippen LogP contribution in [0.2, 0.25) is 0 Å². The second-order valence-corrected chi connectivity index (χ2v) is 3.97. The van der Waals surface area contributed by atoms with Gasteiger partial charge in [0, 0.05) is 23.9 Å². The molecule has 0 aliphatic rings. The van der Waals surface area contributed by atoms with Gasteiger partial charge in [-0.3, -0.25) is 0 Å². The third kappa shape index (κ3) is 3.83. The van der Waals surface area contributed by atoms with E-state index in [2.05, 4.69) is 12.2 Å². The highest BCUT2D eigenvalue weighted by Crippen LogP contribution is 2.22. The van der Waals surface area contributed by atoms with Crippen molar-refractivity contribution in [1.29, 1.82) is 0 Å². The van der Waals surface area contributed by atoms with E-state index in [-0.39, 0.29) is 6.04 Å². The first-order chi connectivity index (χ1) is 7.65. The lowest BCUT2D eigenvalue weighted by molar-refractivity contribution is 0.141. The summed E-state index contributed by atoms with van der Waals surface area (Å²) in [5.41, 5.74) is 1.90. The molecule has 0 bridgehead atoms. The zero-order chi connectivity index (χ0) is 12.0. The van der Waals surface area contributed by atoms with Crippen LogP contribution in [0.5, 0.6) is 0 Å². The van der Waals surface area contributed by atoms with Crippen LogP contribution in [-0.4, -0.2) is 24.4 Å². The Morgan fingerprint density at radius 3 is 2.62 bits per heavy atom. The maximum Gasteiger partial charge on any atom is 0.0781 e. The molecule has 0 aromatic heterocycles. The van der Waals surface area contributed by atoms with Crippen LogP contribution in [0.3, 0.4) is 0 Å². The molecule has 0 fully saturated rings. The van der Waals surface area contributed by atoms with Crippen molar-refractivity contribution in [2.75, 3.05) is 18.5 Å². The van der Waals surface area contributed by atoms with Gasteiger partial charge in [0.1, 0.15) is 0 Å². The second-order valence-electron chi connectivity index (χ2n) is 3.97. The molecule has 3 nitrogen and oxygen atoms in total. The predicted molar refractivity (Wildman–Crippen MR) is 66.7 cm³/mol. The summed E-state index contributed by atoms with van der Waals surface area (Å²) in [6.45, 7) is 7.22. The minimum absolute atomic E-state index is 0.236. The molecule has 0 aliphatic heterocycles. The zero-order valence-electron chi connectivity index (χ0n) is 10.2. The number of aliphatic hydroxyl groups excluding tert-OH is 1. The highest BCUT2D eigenvalue weighted by Gasteiger charge is 2.09. The summed E-state index contributed by atoms with van der Waals surface area (Å²) in [6.07, 6.45) is -0.456. The Labute approximate surface area is 97.4 Å². The van der Waals surface area contributed by atoms with Gasteiger partial charge in [-0.25, -0.2) is 0 Å². The lowest BCUT2D eigenvalue weighted by Crippen LogP contribution is -2.22. The number of hydrogen-bond donors (Lipinski definition) is 2. The molecule has 0 spiro atoms. The third-order valence-corrected chi connectivity index (χ3v) is 2.38. The summed E-state index contributed by atoms with van der Waals surface area (Å²) >= 11 is 0. The lowest BCUT2D eigenvalue weighted by atomic mass is 10.1. The van der Waals surface area contributed by atoms with E-state index < -0.39 is 6.10 Å². The molecule has 0 radical (unpaired) electrons. The molecule has 1 rings (SSSR count). The standard InChI is InChI=1S/C13H21NO2/c1-4-16-9-10(2)14-13-8-6-5-7-12(13)11(3)15/h5-8,10-11,14-15H,4,9H2,1-3H3. The Morgan fingerprint density at radius 2 is 2.00 bits per heavy atom. The Kier molecular flexibility index (Phi) is 5.29. The fourth-order valence-corrected chi connectivity index (χ4v) is 1.59. The van der Waals surface area contributed by atoms with Crippen LogP contribution in [0.4, 0.5) is 5.69 Å². The first kappa shape index (κ1) is 13.0. The van der Waals surface area contributed by atoms with E-state index in [4.69, 9.17) is 4.74 Å². The average Bonchev–Trinajstić information content (AvgIpc) is 2.27. The van der Waals surface area contributed by atoms with Gasteiger partial charge in [0.05, 0.1) is 12.7 Å². The van der Waals surface area contributed by atoms with E-state index in [1.165, 1.54) is 0 Å². The first-order valence-corrected chi connectivity index (χ1v) is 5.76. The maximum atomic E-state index is 9.62. The monoisotopic (exact) mass is 223 g/mol. The summed E-state index contributed by atoms with van der Waals surface area (Å²) in [5, 5.41) is 13.0. The number of para-hydroxylation sites is 1. The molecule has 3 heteroatoms. The quantitative estimate of drug-likeness (QED) is 0.779. The van der Waals surface area contributed by atoms with Gasteiger partial charge in [0.15, 0.2) is 0 Å². The largest absolute Gasteiger partial charge is 0.389 e. The molecule has 0 heterocycles. The van der Waals surface area contributed by atoms with Crippen molar-refractivity contribution in [2.45, 2.75) is 32.9 Å². The minimum atomic E-state index is -0.456. The van der Waals surface area contributed by atoms with E-state index in [1.54, 1.807) is 6.92 Å². The SMILES string of the molecule is CCOCC(C)Nc1ccccc1C(C)O. The zero-order valence-corrected chi connectivity index (χ0v) is 10.2. The fourth-order valence-electron chi connectivity index (χ4n) is 1.59. The van der Waals surface area contributed by atoms with Crippen LogP contribution in [-0.2, 0) is 4.74 Å². The van der Waals surface area contributed by atoms with Crippen molar-refractivity contribution in [3.8, 4) is 0 Å². The number of ether oxygens (including phenoxy) is 1. The highest BCUT2D eigenvalue weighted by atomic mass is 16.5. The fraction of sp³-hybridized carbons (Fsp3) is 0.538. The molecule has 1 aromatic carbocycles. The van der Waals surface area contributed by atoms with Gasteiger partial charge in [-0.1, -0.05) is 18.2 Å². The Bertz CT molecular complexity index is 313. The lowest BCUT2D eigenvalue weighted by Gasteiger charge is -2.19. The molecular weight excluding hydrogens is 202 g/mol. The normalized spacial score (nSPS) is 14.5. The van der Waals surface area contributed by atoms with Crippen molar-refractivity contribution in [2.24, 2.45) is 0 Å². The Balaban J connectivity index is 2.65. The molecular formula is C13H21NO2. The summed E-state index contributed by atoms with van der Waals surface area (Å²) < 4.78 is 5.34. The summed E-state index contributed by atoms with van der Waals surface area (Å²) in [5.74, 6) is 0. The van der Waals surface area contributed by atoms with Crippen LogP contribution in [0.1, 0.15) is 32.4 Å². The summed E-state index contributed by atoms with van der Waals surface area (Å²) in [6, 6.07) is 8.03. The first-order valence-electron chi connectivity index (χ1n) is 5.76. The number of anilines is 1. The molecule has 16 heavy (non-hydrogen) atoms. The van der Waals surface area contributed by atoms with Crippen LogP contribution in [0, 0.1) is 0 Å². The average molecular weight is 223 g/mol. The van der Waals surface area contributed by atoms with Crippen molar-refractivity contribution in [3.63, 3.8) is 0 Å². The van der Waals surface area contributed by atoms with Gasteiger partial charge in [-0.15, -0.1) is 0 Å². The van der Waals surface area contributed by atoms with Gasteiger partial charge < -0.3 is 15.2 Å². The second kappa shape index (κ2) is 6.51. The number of aliphatic hydroxyl groups is 1. The number of rotatable bonds is 6. The molecule has 2 N–H and O–H groups in total. The van der Waals surface area contributed by atoms with E-state index in [1.807, 2.05) is 31.2 Å². The molecule has 1 aromatic rings.